The average molecular weight is 222 g/mol. The lowest BCUT2D eigenvalue weighted by Gasteiger charge is -2.03. The SMILES string of the molecule is CC(C)n1cnc(-c2ccc(F)c(F)c2)c1. The van der Waals surface area contributed by atoms with Crippen molar-refractivity contribution in [2.45, 2.75) is 19.9 Å². The van der Waals surface area contributed by atoms with Gasteiger partial charge in [-0.15, -0.1) is 0 Å². The summed E-state index contributed by atoms with van der Waals surface area (Å²) in [6.07, 6.45) is 3.50. The highest BCUT2D eigenvalue weighted by Crippen LogP contribution is 2.20. The van der Waals surface area contributed by atoms with Crippen LogP contribution in [-0.2, 0) is 0 Å². The Morgan fingerprint density at radius 2 is 1.94 bits per heavy atom. The highest BCUT2D eigenvalue weighted by atomic mass is 19.2. The summed E-state index contributed by atoms with van der Waals surface area (Å²) in [4.78, 5) is 4.15. The first-order valence-corrected chi connectivity index (χ1v) is 5.07. The van der Waals surface area contributed by atoms with Gasteiger partial charge in [0.25, 0.3) is 0 Å². The van der Waals surface area contributed by atoms with E-state index in [4.69, 9.17) is 0 Å². The van der Waals surface area contributed by atoms with E-state index in [9.17, 15) is 8.78 Å². The molecule has 0 fully saturated rings. The van der Waals surface area contributed by atoms with E-state index >= 15 is 0 Å². The molecule has 4 heteroatoms. The zero-order valence-electron chi connectivity index (χ0n) is 9.11. The number of halogens is 2. The normalized spacial score (nSPS) is 11.1. The van der Waals surface area contributed by atoms with Crippen LogP contribution in [0.1, 0.15) is 19.9 Å². The molecular formula is C12H12F2N2. The van der Waals surface area contributed by atoms with Crippen LogP contribution in [0.15, 0.2) is 30.7 Å². The number of nitrogens with zero attached hydrogens (tertiary/aromatic N) is 2. The Morgan fingerprint density at radius 1 is 1.19 bits per heavy atom. The smallest absolute Gasteiger partial charge is 0.159 e. The Kier molecular flexibility index (Phi) is 2.73. The topological polar surface area (TPSA) is 17.8 Å². The molecular weight excluding hydrogens is 210 g/mol. The molecule has 2 nitrogen and oxygen atoms in total. The van der Waals surface area contributed by atoms with Gasteiger partial charge in [0.05, 0.1) is 12.0 Å². The third kappa shape index (κ3) is 1.96. The summed E-state index contributed by atoms with van der Waals surface area (Å²) >= 11 is 0. The summed E-state index contributed by atoms with van der Waals surface area (Å²) < 4.78 is 27.7. The zero-order valence-corrected chi connectivity index (χ0v) is 9.11. The van der Waals surface area contributed by atoms with Crippen molar-refractivity contribution < 1.29 is 8.78 Å². The lowest BCUT2D eigenvalue weighted by atomic mass is 10.1. The van der Waals surface area contributed by atoms with Crippen molar-refractivity contribution in [2.75, 3.05) is 0 Å². The van der Waals surface area contributed by atoms with Gasteiger partial charge in [-0.25, -0.2) is 13.8 Å². The number of rotatable bonds is 2. The lowest BCUT2D eigenvalue weighted by molar-refractivity contribution is 0.509. The molecule has 0 N–H and O–H groups in total. The van der Waals surface area contributed by atoms with Gasteiger partial charge >= 0.3 is 0 Å². The first kappa shape index (κ1) is 10.8. The Morgan fingerprint density at radius 3 is 2.50 bits per heavy atom. The number of imidazole rings is 1. The molecule has 0 unspecified atom stereocenters. The van der Waals surface area contributed by atoms with Crippen LogP contribution in [0.2, 0.25) is 0 Å². The average Bonchev–Trinajstić information content (AvgIpc) is 2.71. The van der Waals surface area contributed by atoms with Crippen LogP contribution in [0.3, 0.4) is 0 Å². The predicted molar refractivity (Wildman–Crippen MR) is 58.0 cm³/mol. The maximum Gasteiger partial charge on any atom is 0.159 e. The van der Waals surface area contributed by atoms with E-state index in [-0.39, 0.29) is 0 Å². The number of aromatic nitrogens is 2. The molecule has 0 atom stereocenters. The third-order valence-corrected chi connectivity index (χ3v) is 2.41. The quantitative estimate of drug-likeness (QED) is 0.761. The molecule has 0 aliphatic heterocycles. The van der Waals surface area contributed by atoms with E-state index in [0.717, 1.165) is 12.1 Å². The van der Waals surface area contributed by atoms with E-state index in [1.807, 2.05) is 24.6 Å². The molecule has 0 saturated carbocycles. The number of hydrogen-bond donors (Lipinski definition) is 0. The van der Waals surface area contributed by atoms with E-state index in [1.54, 1.807) is 6.33 Å². The van der Waals surface area contributed by atoms with Crippen molar-refractivity contribution in [1.82, 2.24) is 9.55 Å². The van der Waals surface area contributed by atoms with Crippen LogP contribution in [-0.4, -0.2) is 9.55 Å². The molecule has 16 heavy (non-hydrogen) atoms. The molecule has 1 aromatic heterocycles. The minimum absolute atomic E-state index is 0.298. The van der Waals surface area contributed by atoms with Crippen molar-refractivity contribution in [2.24, 2.45) is 0 Å². The Hall–Kier alpha value is -1.71. The van der Waals surface area contributed by atoms with Gasteiger partial charge < -0.3 is 4.57 Å². The summed E-state index contributed by atoms with van der Waals surface area (Å²) in [6, 6.07) is 4.08. The van der Waals surface area contributed by atoms with Gasteiger partial charge in [-0.2, -0.15) is 0 Å². The van der Waals surface area contributed by atoms with E-state index < -0.39 is 11.6 Å². The summed E-state index contributed by atoms with van der Waals surface area (Å²) in [7, 11) is 0. The summed E-state index contributed by atoms with van der Waals surface area (Å²) in [5.41, 5.74) is 1.23. The summed E-state index contributed by atoms with van der Waals surface area (Å²) in [6.45, 7) is 4.05. The maximum atomic E-state index is 13.0. The largest absolute Gasteiger partial charge is 0.334 e. The maximum absolute atomic E-state index is 13.0. The van der Waals surface area contributed by atoms with Crippen molar-refractivity contribution in [1.29, 1.82) is 0 Å². The minimum atomic E-state index is -0.850. The van der Waals surface area contributed by atoms with Gasteiger partial charge in [-0.1, -0.05) is 0 Å². The molecule has 84 valence electrons. The Balaban J connectivity index is 2.39. The second kappa shape index (κ2) is 4.04. The van der Waals surface area contributed by atoms with Crippen molar-refractivity contribution >= 4 is 0 Å². The van der Waals surface area contributed by atoms with E-state index in [2.05, 4.69) is 4.98 Å². The van der Waals surface area contributed by atoms with Crippen LogP contribution in [0.4, 0.5) is 8.78 Å². The summed E-state index contributed by atoms with van der Waals surface area (Å²) in [5, 5.41) is 0. The molecule has 0 aliphatic rings. The highest BCUT2D eigenvalue weighted by Gasteiger charge is 2.07. The van der Waals surface area contributed by atoms with Gasteiger partial charge in [0.15, 0.2) is 11.6 Å². The second-order valence-corrected chi connectivity index (χ2v) is 3.93. The molecule has 2 aromatic rings. The summed E-state index contributed by atoms with van der Waals surface area (Å²) in [5.74, 6) is -1.69. The van der Waals surface area contributed by atoms with Crippen molar-refractivity contribution in [3.8, 4) is 11.3 Å². The first-order valence-electron chi connectivity index (χ1n) is 5.07. The van der Waals surface area contributed by atoms with Crippen molar-refractivity contribution in [3.05, 3.63) is 42.4 Å². The fourth-order valence-corrected chi connectivity index (χ4v) is 1.42. The van der Waals surface area contributed by atoms with Gasteiger partial charge in [-0.05, 0) is 32.0 Å². The van der Waals surface area contributed by atoms with Crippen molar-refractivity contribution in [3.63, 3.8) is 0 Å². The molecule has 0 spiro atoms. The van der Waals surface area contributed by atoms with Gasteiger partial charge in [0.2, 0.25) is 0 Å². The molecule has 2 rings (SSSR count). The first-order chi connectivity index (χ1) is 7.58. The van der Waals surface area contributed by atoms with Gasteiger partial charge in [-0.3, -0.25) is 0 Å². The number of hydrogen-bond acceptors (Lipinski definition) is 1. The standard InChI is InChI=1S/C12H12F2N2/c1-8(2)16-6-12(15-7-16)9-3-4-10(13)11(14)5-9/h3-8H,1-2H3. The fourth-order valence-electron chi connectivity index (χ4n) is 1.42. The highest BCUT2D eigenvalue weighted by molar-refractivity contribution is 5.58. The molecule has 0 bridgehead atoms. The monoisotopic (exact) mass is 222 g/mol. The van der Waals surface area contributed by atoms with Crippen LogP contribution in [0, 0.1) is 11.6 Å². The van der Waals surface area contributed by atoms with E-state index in [1.165, 1.54) is 6.07 Å². The zero-order chi connectivity index (χ0) is 11.7. The van der Waals surface area contributed by atoms with Crippen LogP contribution in [0.5, 0.6) is 0 Å². The minimum Gasteiger partial charge on any atom is -0.334 e. The van der Waals surface area contributed by atoms with Gasteiger partial charge in [0.1, 0.15) is 0 Å². The molecule has 1 heterocycles. The number of benzene rings is 1. The molecule has 0 radical (unpaired) electrons. The predicted octanol–water partition coefficient (Wildman–Crippen LogP) is 3.41. The van der Waals surface area contributed by atoms with Crippen LogP contribution in [0.25, 0.3) is 11.3 Å². The molecule has 0 saturated heterocycles. The molecule has 0 amide bonds. The third-order valence-electron chi connectivity index (χ3n) is 2.41. The van der Waals surface area contributed by atoms with Crippen LogP contribution < -0.4 is 0 Å². The molecule has 0 aliphatic carbocycles. The van der Waals surface area contributed by atoms with Crippen LogP contribution >= 0.6 is 0 Å². The van der Waals surface area contributed by atoms with Gasteiger partial charge in [0, 0.05) is 17.8 Å². The lowest BCUT2D eigenvalue weighted by Crippen LogP contribution is -1.95. The fraction of sp³-hybridized carbons (Fsp3) is 0.250. The molecule has 1 aromatic carbocycles. The van der Waals surface area contributed by atoms with E-state index in [0.29, 0.717) is 17.3 Å². The Bertz CT molecular complexity index is 503. The Labute approximate surface area is 92.6 Å². The second-order valence-electron chi connectivity index (χ2n) is 3.93.